The van der Waals surface area contributed by atoms with E-state index in [0.717, 1.165) is 35.5 Å². The van der Waals surface area contributed by atoms with Crippen molar-refractivity contribution in [3.63, 3.8) is 0 Å². The van der Waals surface area contributed by atoms with Gasteiger partial charge in [0.2, 0.25) is 5.91 Å². The molecule has 0 N–H and O–H groups in total. The predicted octanol–water partition coefficient (Wildman–Crippen LogP) is 2.44. The van der Waals surface area contributed by atoms with Gasteiger partial charge in [0.25, 0.3) is 0 Å². The minimum absolute atomic E-state index is 0. The first-order valence-corrected chi connectivity index (χ1v) is 12.0. The number of piperidine rings is 1. The summed E-state index contributed by atoms with van der Waals surface area (Å²) in [7, 11) is 0. The van der Waals surface area contributed by atoms with Crippen molar-refractivity contribution in [2.24, 2.45) is 5.92 Å². The van der Waals surface area contributed by atoms with Crippen molar-refractivity contribution >= 4 is 48.2 Å². The van der Waals surface area contributed by atoms with Gasteiger partial charge < -0.3 is 19.3 Å². The van der Waals surface area contributed by atoms with E-state index >= 15 is 0 Å². The van der Waals surface area contributed by atoms with Crippen LogP contribution < -0.4 is 4.90 Å². The van der Waals surface area contributed by atoms with Crippen LogP contribution in [-0.4, -0.2) is 84.6 Å². The number of rotatable bonds is 8. The van der Waals surface area contributed by atoms with Crippen LogP contribution in [0.3, 0.4) is 0 Å². The summed E-state index contributed by atoms with van der Waals surface area (Å²) in [5, 5.41) is 0. The highest BCUT2D eigenvalue weighted by molar-refractivity contribution is 9.07. The highest BCUT2D eigenvalue weighted by Gasteiger charge is 2.35. The van der Waals surface area contributed by atoms with Gasteiger partial charge in [-0.15, -0.1) is 0 Å². The number of esters is 1. The zero-order chi connectivity index (χ0) is 24.6. The van der Waals surface area contributed by atoms with Crippen LogP contribution in [0.2, 0.25) is 0 Å². The first-order chi connectivity index (χ1) is 15.5. The van der Waals surface area contributed by atoms with Gasteiger partial charge >= 0.3 is 12.1 Å². The molecule has 0 spiro atoms. The summed E-state index contributed by atoms with van der Waals surface area (Å²) in [6, 6.07) is 3.04. The van der Waals surface area contributed by atoms with Crippen molar-refractivity contribution in [2.45, 2.75) is 59.1 Å². The lowest BCUT2D eigenvalue weighted by Gasteiger charge is -2.38. The first-order valence-electron chi connectivity index (χ1n) is 11.3. The molecule has 1 saturated heterocycles. The summed E-state index contributed by atoms with van der Waals surface area (Å²) in [5.74, 6) is -0.557. The van der Waals surface area contributed by atoms with E-state index in [1.807, 2.05) is 12.1 Å². The number of hydrogen-bond donors (Lipinski definition) is 0. The molecular weight excluding hydrogens is 503 g/mol. The molecule has 0 saturated carbocycles. The second-order valence-corrected chi connectivity index (χ2v) is 9.96. The molecule has 0 aliphatic carbocycles. The van der Waals surface area contributed by atoms with E-state index in [-0.39, 0.29) is 33.4 Å². The fourth-order valence-corrected chi connectivity index (χ4v) is 4.11. The number of amides is 2. The van der Waals surface area contributed by atoms with E-state index in [4.69, 9.17) is 9.47 Å². The summed E-state index contributed by atoms with van der Waals surface area (Å²) >= 11 is 3.19. The van der Waals surface area contributed by atoms with E-state index in [1.165, 1.54) is 11.8 Å². The maximum atomic E-state index is 12.8. The van der Waals surface area contributed by atoms with Gasteiger partial charge in [-0.3, -0.25) is 9.78 Å². The van der Waals surface area contributed by atoms with Crippen molar-refractivity contribution in [1.29, 1.82) is 0 Å². The van der Waals surface area contributed by atoms with Gasteiger partial charge in [0.05, 0.1) is 37.7 Å². The van der Waals surface area contributed by atoms with Crippen LogP contribution >= 0.6 is 16.1 Å². The van der Waals surface area contributed by atoms with Crippen LogP contribution in [0.25, 0.3) is 0 Å². The molecule has 1 aromatic rings. The van der Waals surface area contributed by atoms with Crippen molar-refractivity contribution < 1.29 is 23.9 Å². The molecule has 11 heteroatoms. The number of carbonyl (C=O) groups is 3. The van der Waals surface area contributed by atoms with Crippen LogP contribution in [0.1, 0.15) is 47.5 Å². The number of hydrogen-bond acceptors (Lipinski definition) is 7. The van der Waals surface area contributed by atoms with E-state index in [9.17, 15) is 14.4 Å². The van der Waals surface area contributed by atoms with E-state index < -0.39 is 23.7 Å². The van der Waals surface area contributed by atoms with Crippen LogP contribution in [0.4, 0.5) is 10.5 Å². The molecule has 190 valence electrons. The number of aromatic nitrogens is 1. The molecule has 1 aliphatic heterocycles. The Morgan fingerprint density at radius 1 is 1.21 bits per heavy atom. The van der Waals surface area contributed by atoms with Gasteiger partial charge in [-0.1, -0.05) is 0 Å². The lowest BCUT2D eigenvalue weighted by molar-refractivity contribution is -0.155. The number of anilines is 1. The monoisotopic (exact) mass is 540 g/mol. The molecule has 9 nitrogen and oxygen atoms in total. The molecule has 1 unspecified atom stereocenters. The highest BCUT2D eigenvalue weighted by atomic mass is 79.9. The molecule has 0 radical (unpaired) electrons. The van der Waals surface area contributed by atoms with Crippen LogP contribution in [-0.2, 0) is 19.1 Å². The van der Waals surface area contributed by atoms with Crippen LogP contribution in [0, 0.1) is 5.92 Å². The predicted molar refractivity (Wildman–Crippen MR) is 139 cm³/mol. The molecule has 2 heterocycles. The quantitative estimate of drug-likeness (QED) is 0.284. The number of nitrogens with zero attached hydrogens (tertiary/aromatic N) is 4. The van der Waals surface area contributed by atoms with Crippen molar-refractivity contribution in [2.75, 3.05) is 37.7 Å². The van der Waals surface area contributed by atoms with E-state index in [2.05, 4.69) is 26.0 Å². The fourth-order valence-electron chi connectivity index (χ4n) is 3.76. The molecule has 1 atom stereocenters. The maximum absolute atomic E-state index is 12.8. The van der Waals surface area contributed by atoms with Gasteiger partial charge in [-0.2, -0.15) is 0 Å². The Bertz CT molecular complexity index is 800. The highest BCUT2D eigenvalue weighted by Crippen LogP contribution is 2.25. The molecule has 1 aromatic heterocycles. The lowest BCUT2D eigenvalue weighted by Crippen LogP contribution is -2.53. The molecule has 0 bridgehead atoms. The molecular formula is C23H38BBrN4O5. The zero-order valence-electron chi connectivity index (χ0n) is 20.1. The molecule has 1 fully saturated rings. The maximum Gasteiger partial charge on any atom is 0.420 e. The number of ether oxygens (including phenoxy) is 2. The topological polar surface area (TPSA) is 92.3 Å². The van der Waals surface area contributed by atoms with Crippen molar-refractivity contribution in [1.82, 2.24) is 13.8 Å². The summed E-state index contributed by atoms with van der Waals surface area (Å²) in [5.41, 5.74) is 0.439. The van der Waals surface area contributed by atoms with Crippen LogP contribution in [0.5, 0.6) is 0 Å². The average molecular weight is 541 g/mol. The molecule has 34 heavy (non-hydrogen) atoms. The summed E-state index contributed by atoms with van der Waals surface area (Å²) in [4.78, 5) is 45.7. The molecule has 2 amide bonds. The summed E-state index contributed by atoms with van der Waals surface area (Å²) in [6.45, 7) is 10.6. The Morgan fingerprint density at radius 3 is 2.29 bits per heavy atom. The second kappa shape index (κ2) is 13.6. The Kier molecular flexibility index (Phi) is 11.9. The third kappa shape index (κ3) is 9.16. The van der Waals surface area contributed by atoms with Gasteiger partial charge in [0.1, 0.15) is 11.6 Å². The van der Waals surface area contributed by atoms with Crippen molar-refractivity contribution in [3.8, 4) is 0 Å². The standard InChI is InChI=1S/C23H35BrN4O5.BH3/c1-6-32-21(30)20(16-28(24)22(31)33-23(3,4)5)27(17(2)29)15-18-9-13-26(14-10-18)19-7-11-25-12-8-19;/h7-8,11-12,18,20H,6,9-10,13-16H2,1-5H3;1H3. The van der Waals surface area contributed by atoms with Crippen molar-refractivity contribution in [3.05, 3.63) is 24.5 Å². The second-order valence-electron chi connectivity index (χ2n) is 9.10. The van der Waals surface area contributed by atoms with Gasteiger partial charge in [-0.25, -0.2) is 13.5 Å². The smallest absolute Gasteiger partial charge is 0.420 e. The van der Waals surface area contributed by atoms with Gasteiger partial charge in [-0.05, 0) is 58.6 Å². The Labute approximate surface area is 213 Å². The molecule has 1 aliphatic rings. The van der Waals surface area contributed by atoms with Gasteiger partial charge in [0.15, 0.2) is 0 Å². The van der Waals surface area contributed by atoms with Gasteiger partial charge in [0, 0.05) is 44.6 Å². The minimum Gasteiger partial charge on any atom is -0.464 e. The minimum atomic E-state index is -0.937. The average Bonchev–Trinajstić information content (AvgIpc) is 2.75. The number of carbonyl (C=O) groups excluding carboxylic acids is 3. The van der Waals surface area contributed by atoms with Crippen LogP contribution in [0.15, 0.2) is 24.5 Å². The third-order valence-electron chi connectivity index (χ3n) is 5.36. The number of halogens is 1. The third-order valence-corrected chi connectivity index (χ3v) is 5.94. The number of pyridine rings is 1. The molecule has 2 rings (SSSR count). The largest absolute Gasteiger partial charge is 0.464 e. The Morgan fingerprint density at radius 2 is 1.79 bits per heavy atom. The van der Waals surface area contributed by atoms with E-state index in [1.54, 1.807) is 40.1 Å². The first kappa shape index (κ1) is 29.7. The zero-order valence-corrected chi connectivity index (χ0v) is 21.7. The normalized spacial score (nSPS) is 15.1. The summed E-state index contributed by atoms with van der Waals surface area (Å²) in [6.07, 6.45) is 4.68. The fraction of sp³-hybridized carbons (Fsp3) is 0.652. The van der Waals surface area contributed by atoms with E-state index in [0.29, 0.717) is 6.54 Å². The Balaban J connectivity index is 0.00000578. The Hall–Kier alpha value is -2.30. The lowest BCUT2D eigenvalue weighted by atomic mass is 9.95. The SMILES string of the molecule is B.CCOC(=O)C(CN(Br)C(=O)OC(C)(C)C)N(CC1CCN(c2ccncc2)CC1)C(C)=O. The summed E-state index contributed by atoms with van der Waals surface area (Å²) < 4.78 is 11.7. The molecule has 0 aromatic carbocycles.